The maximum Gasteiger partial charge on any atom is 0.0781 e. The lowest BCUT2D eigenvalue weighted by atomic mass is 10.2. The lowest BCUT2D eigenvalue weighted by Crippen LogP contribution is -2.31. The minimum atomic E-state index is 0.472. The molecule has 0 aliphatic carbocycles. The largest absolute Gasteiger partial charge is 0.377 e. The molecule has 94 valence electrons. The standard InChI is InChI=1S/C7H15NS.2C3H8/c1-5(2)7(9)8-6(3)4;2*1-3-2/h5-6H,1-4H3,(H,8,9);2*3H2,1-2H3. The highest BCUT2D eigenvalue weighted by atomic mass is 32.1. The summed E-state index contributed by atoms with van der Waals surface area (Å²) in [5, 5.41) is 3.17. The van der Waals surface area contributed by atoms with Crippen molar-refractivity contribution in [3.63, 3.8) is 0 Å². The van der Waals surface area contributed by atoms with Crippen molar-refractivity contribution in [2.45, 2.75) is 74.3 Å². The van der Waals surface area contributed by atoms with Crippen LogP contribution in [0.2, 0.25) is 0 Å². The molecular formula is C13H31NS. The minimum Gasteiger partial charge on any atom is -0.377 e. The maximum atomic E-state index is 5.04. The number of hydrogen-bond acceptors (Lipinski definition) is 1. The van der Waals surface area contributed by atoms with E-state index in [-0.39, 0.29) is 0 Å². The molecule has 0 aromatic carbocycles. The first-order valence-electron chi connectivity index (χ1n) is 6.17. The first-order valence-corrected chi connectivity index (χ1v) is 6.58. The van der Waals surface area contributed by atoms with Crippen LogP contribution in [-0.2, 0) is 0 Å². The van der Waals surface area contributed by atoms with Gasteiger partial charge in [-0.15, -0.1) is 0 Å². The second-order valence-electron chi connectivity index (χ2n) is 4.23. The fourth-order valence-corrected chi connectivity index (χ4v) is 0.687. The van der Waals surface area contributed by atoms with Crippen LogP contribution in [0.3, 0.4) is 0 Å². The predicted octanol–water partition coefficient (Wildman–Crippen LogP) is 4.80. The lowest BCUT2D eigenvalue weighted by molar-refractivity contribution is 0.703. The van der Waals surface area contributed by atoms with E-state index >= 15 is 0 Å². The van der Waals surface area contributed by atoms with E-state index in [1.165, 1.54) is 12.8 Å². The summed E-state index contributed by atoms with van der Waals surface area (Å²) in [4.78, 5) is 0.963. The molecule has 0 aromatic rings. The van der Waals surface area contributed by atoms with Gasteiger partial charge in [-0.1, -0.05) is 66.6 Å². The summed E-state index contributed by atoms with van der Waals surface area (Å²) in [7, 11) is 0. The molecular weight excluding hydrogens is 202 g/mol. The van der Waals surface area contributed by atoms with Crippen LogP contribution in [0, 0.1) is 5.92 Å². The van der Waals surface area contributed by atoms with Crippen molar-refractivity contribution in [1.82, 2.24) is 5.32 Å². The van der Waals surface area contributed by atoms with Gasteiger partial charge in [-0.05, 0) is 13.8 Å². The van der Waals surface area contributed by atoms with Gasteiger partial charge in [-0.25, -0.2) is 0 Å². The Morgan fingerprint density at radius 3 is 1.27 bits per heavy atom. The topological polar surface area (TPSA) is 12.0 Å². The number of thiocarbonyl (C=S) groups is 1. The SMILES string of the molecule is CC(C)NC(=S)C(C)C.CCC.CCC. The van der Waals surface area contributed by atoms with Crippen LogP contribution < -0.4 is 5.32 Å². The van der Waals surface area contributed by atoms with Crippen LogP contribution in [0.15, 0.2) is 0 Å². The van der Waals surface area contributed by atoms with E-state index in [1.54, 1.807) is 0 Å². The molecule has 0 rings (SSSR count). The van der Waals surface area contributed by atoms with Gasteiger partial charge in [0.25, 0.3) is 0 Å². The number of rotatable bonds is 2. The molecule has 0 saturated heterocycles. The molecule has 0 aliphatic rings. The number of nitrogens with one attached hydrogen (secondary N) is 1. The minimum absolute atomic E-state index is 0.472. The highest BCUT2D eigenvalue weighted by molar-refractivity contribution is 7.80. The third-order valence-corrected chi connectivity index (χ3v) is 1.54. The zero-order valence-corrected chi connectivity index (χ0v) is 12.8. The highest BCUT2D eigenvalue weighted by Crippen LogP contribution is 1.94. The first kappa shape index (κ1) is 20.3. The Kier molecular flexibility index (Phi) is 22.1. The van der Waals surface area contributed by atoms with Gasteiger partial charge in [0.15, 0.2) is 0 Å². The molecule has 1 N–H and O–H groups in total. The third kappa shape index (κ3) is 31.5. The lowest BCUT2D eigenvalue weighted by Gasteiger charge is -2.13. The summed E-state index contributed by atoms with van der Waals surface area (Å²) < 4.78 is 0. The molecule has 0 saturated carbocycles. The van der Waals surface area contributed by atoms with Crippen molar-refractivity contribution >= 4 is 17.2 Å². The van der Waals surface area contributed by atoms with Crippen LogP contribution in [-0.4, -0.2) is 11.0 Å². The molecule has 0 radical (unpaired) electrons. The average molecular weight is 233 g/mol. The molecule has 15 heavy (non-hydrogen) atoms. The van der Waals surface area contributed by atoms with Gasteiger partial charge in [-0.3, -0.25) is 0 Å². The van der Waals surface area contributed by atoms with E-state index in [1.807, 2.05) is 0 Å². The second kappa shape index (κ2) is 16.3. The van der Waals surface area contributed by atoms with Crippen molar-refractivity contribution in [1.29, 1.82) is 0 Å². The maximum absolute atomic E-state index is 5.04. The number of hydrogen-bond donors (Lipinski definition) is 1. The van der Waals surface area contributed by atoms with Gasteiger partial charge in [0.2, 0.25) is 0 Å². The van der Waals surface area contributed by atoms with E-state index in [9.17, 15) is 0 Å². The Morgan fingerprint density at radius 1 is 0.933 bits per heavy atom. The Labute approximate surface area is 103 Å². The van der Waals surface area contributed by atoms with Gasteiger partial charge < -0.3 is 5.32 Å². The average Bonchev–Trinajstić information content (AvgIpc) is 2.05. The first-order chi connectivity index (χ1) is 6.87. The summed E-state index contributed by atoms with van der Waals surface area (Å²) in [6, 6.07) is 0.472. The zero-order chi connectivity index (χ0) is 12.9. The predicted molar refractivity (Wildman–Crippen MR) is 77.6 cm³/mol. The molecule has 0 fully saturated rings. The van der Waals surface area contributed by atoms with E-state index in [0.29, 0.717) is 12.0 Å². The van der Waals surface area contributed by atoms with Crippen molar-refractivity contribution in [3.05, 3.63) is 0 Å². The molecule has 0 bridgehead atoms. The van der Waals surface area contributed by atoms with Crippen LogP contribution in [0.5, 0.6) is 0 Å². The van der Waals surface area contributed by atoms with Crippen LogP contribution in [0.1, 0.15) is 68.2 Å². The molecule has 0 unspecified atom stereocenters. The Balaban J connectivity index is -0.000000200. The fraction of sp³-hybridized carbons (Fsp3) is 0.923. The van der Waals surface area contributed by atoms with Gasteiger partial charge in [-0.2, -0.15) is 0 Å². The summed E-state index contributed by atoms with van der Waals surface area (Å²) in [6.07, 6.45) is 2.50. The second-order valence-corrected chi connectivity index (χ2v) is 4.67. The molecule has 0 amide bonds. The van der Waals surface area contributed by atoms with Crippen molar-refractivity contribution in [3.8, 4) is 0 Å². The van der Waals surface area contributed by atoms with Crippen molar-refractivity contribution < 1.29 is 0 Å². The van der Waals surface area contributed by atoms with Crippen LogP contribution in [0.25, 0.3) is 0 Å². The van der Waals surface area contributed by atoms with E-state index < -0.39 is 0 Å². The monoisotopic (exact) mass is 233 g/mol. The van der Waals surface area contributed by atoms with E-state index in [0.717, 1.165) is 4.99 Å². The molecule has 0 heterocycles. The summed E-state index contributed by atoms with van der Waals surface area (Å²) in [5.41, 5.74) is 0. The smallest absolute Gasteiger partial charge is 0.0781 e. The van der Waals surface area contributed by atoms with Crippen molar-refractivity contribution in [2.24, 2.45) is 5.92 Å². The fourth-order valence-electron chi connectivity index (χ4n) is 0.451. The Hall–Kier alpha value is -0.110. The molecule has 2 heteroatoms. The molecule has 1 nitrogen and oxygen atoms in total. The zero-order valence-electron chi connectivity index (χ0n) is 12.0. The van der Waals surface area contributed by atoms with Gasteiger partial charge >= 0.3 is 0 Å². The highest BCUT2D eigenvalue weighted by Gasteiger charge is 2.01. The van der Waals surface area contributed by atoms with Gasteiger partial charge in [0.05, 0.1) is 4.99 Å². The van der Waals surface area contributed by atoms with Crippen LogP contribution in [0.4, 0.5) is 0 Å². The van der Waals surface area contributed by atoms with Gasteiger partial charge in [0.1, 0.15) is 0 Å². The van der Waals surface area contributed by atoms with Crippen LogP contribution >= 0.6 is 12.2 Å². The summed E-state index contributed by atoms with van der Waals surface area (Å²) >= 11 is 5.04. The van der Waals surface area contributed by atoms with E-state index in [2.05, 4.69) is 60.7 Å². The quantitative estimate of drug-likeness (QED) is 0.688. The summed E-state index contributed by atoms with van der Waals surface area (Å²) in [6.45, 7) is 16.9. The molecule has 0 atom stereocenters. The third-order valence-electron chi connectivity index (χ3n) is 0.955. The molecule has 0 aromatic heterocycles. The van der Waals surface area contributed by atoms with E-state index in [4.69, 9.17) is 12.2 Å². The summed E-state index contributed by atoms with van der Waals surface area (Å²) in [5.74, 6) is 0.474. The van der Waals surface area contributed by atoms with Gasteiger partial charge in [0, 0.05) is 12.0 Å². The normalized spacial score (nSPS) is 8.67. The molecule has 0 spiro atoms. The Bertz CT molecular complexity index is 118. The molecule has 0 aliphatic heterocycles. The van der Waals surface area contributed by atoms with Crippen molar-refractivity contribution in [2.75, 3.05) is 0 Å². The Morgan fingerprint density at radius 2 is 1.20 bits per heavy atom.